The summed E-state index contributed by atoms with van der Waals surface area (Å²) in [4.78, 5) is 10.9. The van der Waals surface area contributed by atoms with E-state index in [1.807, 2.05) is 84.7 Å². The summed E-state index contributed by atoms with van der Waals surface area (Å²) in [5.41, 5.74) is 5.39. The number of rotatable bonds is 3. The Labute approximate surface area is 180 Å². The molecule has 0 aliphatic carbocycles. The summed E-state index contributed by atoms with van der Waals surface area (Å²) in [5, 5.41) is 4.73. The molecule has 0 bridgehead atoms. The maximum Gasteiger partial charge on any atom is 0.154 e. The monoisotopic (exact) mass is 401 g/mol. The lowest BCUT2D eigenvalue weighted by Gasteiger charge is -2.18. The van der Waals surface area contributed by atoms with Gasteiger partial charge < -0.3 is 4.90 Å². The number of para-hydroxylation sites is 1. The zero-order chi connectivity index (χ0) is 21.0. The van der Waals surface area contributed by atoms with Crippen LogP contribution < -0.4 is 4.90 Å². The molecule has 3 heterocycles. The van der Waals surface area contributed by atoms with Crippen molar-refractivity contribution >= 4 is 17.2 Å². The minimum Gasteiger partial charge on any atom is -0.329 e. The molecule has 0 aliphatic rings. The second-order valence-electron chi connectivity index (χ2n) is 7.05. The van der Waals surface area contributed by atoms with Gasteiger partial charge in [-0.2, -0.15) is 5.10 Å². The molecule has 0 aliphatic heterocycles. The molecule has 3 aromatic heterocycles. The van der Waals surface area contributed by atoms with Crippen molar-refractivity contribution in [3.05, 3.63) is 109 Å². The second-order valence-corrected chi connectivity index (χ2v) is 7.05. The highest BCUT2D eigenvalue weighted by Gasteiger charge is 2.07. The molecule has 5 aromatic rings. The SMILES string of the molecule is CN(c1ccccc1)c1cc(C#Cc2cnc3ccc(-c4ccccc4)nn23)ccn1. The maximum atomic E-state index is 4.73. The van der Waals surface area contributed by atoms with E-state index in [-0.39, 0.29) is 0 Å². The molecule has 0 saturated heterocycles. The molecular formula is C26H19N5. The molecule has 2 aromatic carbocycles. The van der Waals surface area contributed by atoms with E-state index in [4.69, 9.17) is 5.10 Å². The first-order valence-electron chi connectivity index (χ1n) is 9.95. The number of benzene rings is 2. The average Bonchev–Trinajstić information content (AvgIpc) is 3.26. The van der Waals surface area contributed by atoms with Gasteiger partial charge in [-0.05, 0) is 42.3 Å². The fraction of sp³-hybridized carbons (Fsp3) is 0.0385. The van der Waals surface area contributed by atoms with Crippen molar-refractivity contribution in [2.24, 2.45) is 0 Å². The highest BCUT2D eigenvalue weighted by atomic mass is 15.3. The summed E-state index contributed by atoms with van der Waals surface area (Å²) in [6, 6.07) is 28.0. The van der Waals surface area contributed by atoms with Crippen molar-refractivity contribution in [3.8, 4) is 23.1 Å². The third-order valence-corrected chi connectivity index (χ3v) is 5.00. The van der Waals surface area contributed by atoms with Gasteiger partial charge in [0.15, 0.2) is 5.65 Å². The average molecular weight is 401 g/mol. The lowest BCUT2D eigenvalue weighted by molar-refractivity contribution is 0.930. The van der Waals surface area contributed by atoms with Gasteiger partial charge in [0, 0.05) is 30.1 Å². The van der Waals surface area contributed by atoms with Gasteiger partial charge in [0.05, 0.1) is 11.9 Å². The first kappa shape index (κ1) is 18.6. The number of hydrogen-bond acceptors (Lipinski definition) is 4. The van der Waals surface area contributed by atoms with Gasteiger partial charge in [0.2, 0.25) is 0 Å². The number of nitrogens with zero attached hydrogens (tertiary/aromatic N) is 5. The van der Waals surface area contributed by atoms with Crippen LogP contribution in [0.1, 0.15) is 11.3 Å². The number of imidazole rings is 1. The Morgan fingerprint density at radius 2 is 1.58 bits per heavy atom. The van der Waals surface area contributed by atoms with Gasteiger partial charge in [0.25, 0.3) is 0 Å². The summed E-state index contributed by atoms with van der Waals surface area (Å²) in [5.74, 6) is 7.27. The topological polar surface area (TPSA) is 46.3 Å². The second kappa shape index (κ2) is 8.13. The van der Waals surface area contributed by atoms with Crippen molar-refractivity contribution in [1.82, 2.24) is 19.6 Å². The van der Waals surface area contributed by atoms with Crippen molar-refractivity contribution in [2.45, 2.75) is 0 Å². The van der Waals surface area contributed by atoms with Crippen LogP contribution in [0.5, 0.6) is 0 Å². The molecule has 148 valence electrons. The Bertz CT molecular complexity index is 1400. The lowest BCUT2D eigenvalue weighted by Crippen LogP contribution is -2.10. The van der Waals surface area contributed by atoms with E-state index < -0.39 is 0 Å². The van der Waals surface area contributed by atoms with E-state index in [9.17, 15) is 0 Å². The standard InChI is InChI=1S/C26H19N5/c1-30(22-10-6-3-7-11-22)26-18-20(16-17-27-26)12-13-23-19-28-25-15-14-24(29-31(23)25)21-8-4-2-5-9-21/h2-11,14-19H,1H3. The molecule has 5 nitrogen and oxygen atoms in total. The Morgan fingerprint density at radius 1 is 0.806 bits per heavy atom. The van der Waals surface area contributed by atoms with Crippen LogP contribution in [-0.2, 0) is 0 Å². The molecule has 0 atom stereocenters. The Morgan fingerprint density at radius 3 is 2.39 bits per heavy atom. The van der Waals surface area contributed by atoms with Gasteiger partial charge in [-0.25, -0.2) is 14.5 Å². The van der Waals surface area contributed by atoms with E-state index in [0.29, 0.717) is 0 Å². The maximum absolute atomic E-state index is 4.73. The molecule has 0 radical (unpaired) electrons. The Balaban J connectivity index is 1.47. The van der Waals surface area contributed by atoms with Crippen LogP contribution in [0.25, 0.3) is 16.9 Å². The van der Waals surface area contributed by atoms with Crippen molar-refractivity contribution in [1.29, 1.82) is 0 Å². The van der Waals surface area contributed by atoms with Crippen LogP contribution in [-0.4, -0.2) is 26.6 Å². The van der Waals surface area contributed by atoms with E-state index >= 15 is 0 Å². The first-order chi connectivity index (χ1) is 15.3. The van der Waals surface area contributed by atoms with Crippen molar-refractivity contribution < 1.29 is 0 Å². The third-order valence-electron chi connectivity index (χ3n) is 5.00. The van der Waals surface area contributed by atoms with E-state index in [2.05, 4.69) is 33.9 Å². The molecule has 5 heteroatoms. The molecule has 0 N–H and O–H groups in total. The minimum atomic E-state index is 0.738. The fourth-order valence-electron chi connectivity index (χ4n) is 3.32. The van der Waals surface area contributed by atoms with Crippen molar-refractivity contribution in [2.75, 3.05) is 11.9 Å². The normalized spacial score (nSPS) is 10.5. The number of pyridine rings is 1. The summed E-state index contributed by atoms with van der Waals surface area (Å²) >= 11 is 0. The van der Waals surface area contributed by atoms with Gasteiger partial charge in [-0.1, -0.05) is 54.5 Å². The summed E-state index contributed by atoms with van der Waals surface area (Å²) in [6.45, 7) is 0. The van der Waals surface area contributed by atoms with Crippen LogP contribution in [0.3, 0.4) is 0 Å². The predicted octanol–water partition coefficient (Wildman–Crippen LogP) is 4.96. The van der Waals surface area contributed by atoms with Crippen molar-refractivity contribution in [3.63, 3.8) is 0 Å². The molecule has 0 amide bonds. The fourth-order valence-corrected chi connectivity index (χ4v) is 3.32. The number of fused-ring (bicyclic) bond motifs is 1. The Kier molecular flexibility index (Phi) is 4.88. The third kappa shape index (κ3) is 3.87. The number of aromatic nitrogens is 4. The molecule has 0 fully saturated rings. The predicted molar refractivity (Wildman–Crippen MR) is 123 cm³/mol. The zero-order valence-electron chi connectivity index (χ0n) is 17.0. The van der Waals surface area contributed by atoms with Crippen LogP contribution in [0.2, 0.25) is 0 Å². The molecular weight excluding hydrogens is 382 g/mol. The highest BCUT2D eigenvalue weighted by Crippen LogP contribution is 2.21. The van der Waals surface area contributed by atoms with Gasteiger partial charge in [-0.15, -0.1) is 0 Å². The van der Waals surface area contributed by atoms with Gasteiger partial charge >= 0.3 is 0 Å². The largest absolute Gasteiger partial charge is 0.329 e. The smallest absolute Gasteiger partial charge is 0.154 e. The first-order valence-corrected chi connectivity index (χ1v) is 9.95. The van der Waals surface area contributed by atoms with Crippen LogP contribution in [0.4, 0.5) is 11.5 Å². The van der Waals surface area contributed by atoms with Crippen LogP contribution >= 0.6 is 0 Å². The summed E-state index contributed by atoms with van der Waals surface area (Å²) in [7, 11) is 1.99. The summed E-state index contributed by atoms with van der Waals surface area (Å²) in [6.07, 6.45) is 3.53. The molecule has 31 heavy (non-hydrogen) atoms. The lowest BCUT2D eigenvalue weighted by atomic mass is 10.1. The van der Waals surface area contributed by atoms with Crippen LogP contribution in [0, 0.1) is 11.8 Å². The molecule has 0 unspecified atom stereocenters. The van der Waals surface area contributed by atoms with Crippen LogP contribution in [0.15, 0.2) is 97.3 Å². The van der Waals surface area contributed by atoms with E-state index in [1.54, 1.807) is 16.9 Å². The van der Waals surface area contributed by atoms with E-state index in [1.165, 1.54) is 0 Å². The van der Waals surface area contributed by atoms with Gasteiger partial charge in [0.1, 0.15) is 11.5 Å². The number of hydrogen-bond donors (Lipinski definition) is 0. The van der Waals surface area contributed by atoms with E-state index in [0.717, 1.165) is 39.7 Å². The highest BCUT2D eigenvalue weighted by molar-refractivity contribution is 5.62. The zero-order valence-corrected chi connectivity index (χ0v) is 17.0. The number of anilines is 2. The minimum absolute atomic E-state index is 0.738. The molecule has 0 saturated carbocycles. The summed E-state index contributed by atoms with van der Waals surface area (Å²) < 4.78 is 1.79. The molecule has 0 spiro atoms. The Hall–Kier alpha value is -4.43. The quantitative estimate of drug-likeness (QED) is 0.401. The molecule has 5 rings (SSSR count). The van der Waals surface area contributed by atoms with Gasteiger partial charge in [-0.3, -0.25) is 0 Å².